The highest BCUT2D eigenvalue weighted by Gasteiger charge is 2.28. The Balaban J connectivity index is 1.76. The molecule has 0 bridgehead atoms. The van der Waals surface area contributed by atoms with Crippen molar-refractivity contribution in [1.82, 2.24) is 5.32 Å². The molecule has 0 saturated heterocycles. The van der Waals surface area contributed by atoms with Gasteiger partial charge in [-0.25, -0.2) is 0 Å². The summed E-state index contributed by atoms with van der Waals surface area (Å²) in [6, 6.07) is 8.10. The Morgan fingerprint density at radius 3 is 2.68 bits per heavy atom. The molecule has 1 fully saturated rings. The highest BCUT2D eigenvalue weighted by Crippen LogP contribution is 2.31. The van der Waals surface area contributed by atoms with Crippen molar-refractivity contribution in [3.8, 4) is 0 Å². The molecule has 3 nitrogen and oxygen atoms in total. The summed E-state index contributed by atoms with van der Waals surface area (Å²) in [5.41, 5.74) is 5.97. The van der Waals surface area contributed by atoms with E-state index in [1.807, 2.05) is 31.2 Å². The fourth-order valence-corrected chi connectivity index (χ4v) is 2.98. The first-order valence-corrected chi connectivity index (χ1v) is 8.19. The van der Waals surface area contributed by atoms with Crippen molar-refractivity contribution in [2.24, 2.45) is 11.7 Å². The predicted molar refractivity (Wildman–Crippen MR) is 83.2 cm³/mol. The molecule has 2 rings (SSSR count). The van der Waals surface area contributed by atoms with Crippen molar-refractivity contribution < 1.29 is 4.79 Å². The molecule has 1 aromatic rings. The third kappa shape index (κ3) is 4.82. The first kappa shape index (κ1) is 14.9. The van der Waals surface area contributed by atoms with Gasteiger partial charge in [-0.1, -0.05) is 15.9 Å². The van der Waals surface area contributed by atoms with Crippen molar-refractivity contribution in [3.63, 3.8) is 0 Å². The Labute approximate surface area is 126 Å². The van der Waals surface area contributed by atoms with Gasteiger partial charge in [0, 0.05) is 22.0 Å². The van der Waals surface area contributed by atoms with Crippen LogP contribution in [0.25, 0.3) is 0 Å². The smallest absolute Gasteiger partial charge is 0.233 e. The highest BCUT2D eigenvalue weighted by molar-refractivity contribution is 9.10. The third-order valence-electron chi connectivity index (χ3n) is 3.24. The standard InChI is InChI=1S/C14H19BrN2OS/c1-9(19-12-6-4-11(15)5-7-12)14(18)17-8-13(16)10-2-3-10/h4-7,9-10,13H,2-3,8,16H2,1H3,(H,17,18). The lowest BCUT2D eigenvalue weighted by Gasteiger charge is -2.15. The van der Waals surface area contributed by atoms with Crippen molar-refractivity contribution in [2.75, 3.05) is 6.54 Å². The van der Waals surface area contributed by atoms with Crippen LogP contribution in [-0.2, 0) is 4.79 Å². The Morgan fingerprint density at radius 2 is 2.11 bits per heavy atom. The summed E-state index contributed by atoms with van der Waals surface area (Å²) in [6.07, 6.45) is 2.42. The second-order valence-corrected chi connectivity index (χ2v) is 7.29. The van der Waals surface area contributed by atoms with Gasteiger partial charge < -0.3 is 11.1 Å². The molecule has 1 aliphatic carbocycles. The van der Waals surface area contributed by atoms with E-state index < -0.39 is 0 Å². The summed E-state index contributed by atoms with van der Waals surface area (Å²) in [5.74, 6) is 0.679. The van der Waals surface area contributed by atoms with Crippen LogP contribution < -0.4 is 11.1 Å². The molecule has 3 N–H and O–H groups in total. The lowest BCUT2D eigenvalue weighted by atomic mass is 10.2. The lowest BCUT2D eigenvalue weighted by molar-refractivity contribution is -0.120. The summed E-state index contributed by atoms with van der Waals surface area (Å²) < 4.78 is 1.05. The van der Waals surface area contributed by atoms with Crippen molar-refractivity contribution in [3.05, 3.63) is 28.7 Å². The zero-order chi connectivity index (χ0) is 13.8. The van der Waals surface area contributed by atoms with Gasteiger partial charge in [-0.15, -0.1) is 11.8 Å². The molecule has 2 unspecified atom stereocenters. The van der Waals surface area contributed by atoms with E-state index in [2.05, 4.69) is 21.2 Å². The number of hydrogen-bond donors (Lipinski definition) is 2. The van der Waals surface area contributed by atoms with E-state index in [0.29, 0.717) is 12.5 Å². The third-order valence-corrected chi connectivity index (χ3v) is 4.88. The Morgan fingerprint density at radius 1 is 1.47 bits per heavy atom. The van der Waals surface area contributed by atoms with Crippen LogP contribution in [0.4, 0.5) is 0 Å². The fourth-order valence-electron chi connectivity index (χ4n) is 1.82. The van der Waals surface area contributed by atoms with E-state index >= 15 is 0 Å². The van der Waals surface area contributed by atoms with Crippen LogP contribution in [-0.4, -0.2) is 23.7 Å². The number of nitrogens with one attached hydrogen (secondary N) is 1. The topological polar surface area (TPSA) is 55.1 Å². The second kappa shape index (κ2) is 6.77. The number of thioether (sulfide) groups is 1. The van der Waals surface area contributed by atoms with Crippen LogP contribution in [0.2, 0.25) is 0 Å². The van der Waals surface area contributed by atoms with Gasteiger partial charge in [0.1, 0.15) is 0 Å². The molecule has 0 heterocycles. The molecule has 19 heavy (non-hydrogen) atoms. The van der Waals surface area contributed by atoms with Crippen LogP contribution in [0.5, 0.6) is 0 Å². The van der Waals surface area contributed by atoms with Crippen LogP contribution in [0.15, 0.2) is 33.6 Å². The Bertz CT molecular complexity index is 434. The summed E-state index contributed by atoms with van der Waals surface area (Å²) in [5, 5.41) is 2.84. The summed E-state index contributed by atoms with van der Waals surface area (Å²) >= 11 is 4.96. The Hall–Kier alpha value is -0.520. The largest absolute Gasteiger partial charge is 0.354 e. The summed E-state index contributed by atoms with van der Waals surface area (Å²) in [4.78, 5) is 13.1. The van der Waals surface area contributed by atoms with Gasteiger partial charge in [0.25, 0.3) is 0 Å². The second-order valence-electron chi connectivity index (χ2n) is 4.96. The van der Waals surface area contributed by atoms with Gasteiger partial charge in [0.15, 0.2) is 0 Å². The number of rotatable bonds is 6. The molecule has 0 aromatic heterocycles. The Kier molecular flexibility index (Phi) is 5.30. The molecule has 2 atom stereocenters. The van der Waals surface area contributed by atoms with Gasteiger partial charge in [-0.3, -0.25) is 4.79 Å². The maximum atomic E-state index is 12.0. The molecule has 0 aliphatic heterocycles. The molecule has 104 valence electrons. The molecule has 1 amide bonds. The van der Waals surface area contributed by atoms with E-state index in [1.165, 1.54) is 12.8 Å². The molecule has 0 radical (unpaired) electrons. The minimum Gasteiger partial charge on any atom is -0.354 e. The molecule has 1 aliphatic rings. The van der Waals surface area contributed by atoms with E-state index in [0.717, 1.165) is 9.37 Å². The van der Waals surface area contributed by atoms with Crippen molar-refractivity contribution >= 4 is 33.6 Å². The molecule has 5 heteroatoms. The molecular formula is C14H19BrN2OS. The number of halogens is 1. The summed E-state index contributed by atoms with van der Waals surface area (Å²) in [7, 11) is 0. The first-order chi connectivity index (χ1) is 9.06. The van der Waals surface area contributed by atoms with E-state index in [9.17, 15) is 4.79 Å². The van der Waals surface area contributed by atoms with Crippen LogP contribution in [0, 0.1) is 5.92 Å². The number of benzene rings is 1. The molecule has 1 saturated carbocycles. The number of nitrogens with two attached hydrogens (primary N) is 1. The van der Waals surface area contributed by atoms with Gasteiger partial charge >= 0.3 is 0 Å². The number of carbonyl (C=O) groups excluding carboxylic acids is 1. The fraction of sp³-hybridized carbons (Fsp3) is 0.500. The molecular weight excluding hydrogens is 324 g/mol. The summed E-state index contributed by atoms with van der Waals surface area (Å²) in [6.45, 7) is 2.51. The molecule has 0 spiro atoms. The predicted octanol–water partition coefficient (Wildman–Crippen LogP) is 2.78. The van der Waals surface area contributed by atoms with E-state index in [1.54, 1.807) is 11.8 Å². The maximum Gasteiger partial charge on any atom is 0.233 e. The minimum atomic E-state index is -0.104. The van der Waals surface area contributed by atoms with Crippen LogP contribution in [0.1, 0.15) is 19.8 Å². The average Bonchev–Trinajstić information content (AvgIpc) is 3.22. The number of amides is 1. The first-order valence-electron chi connectivity index (χ1n) is 6.52. The molecule has 1 aromatic carbocycles. The van der Waals surface area contributed by atoms with Gasteiger partial charge in [0.2, 0.25) is 5.91 Å². The maximum absolute atomic E-state index is 12.0. The van der Waals surface area contributed by atoms with E-state index in [4.69, 9.17) is 5.73 Å². The van der Waals surface area contributed by atoms with Gasteiger partial charge in [0.05, 0.1) is 5.25 Å². The van der Waals surface area contributed by atoms with Crippen LogP contribution in [0.3, 0.4) is 0 Å². The monoisotopic (exact) mass is 342 g/mol. The SMILES string of the molecule is CC(Sc1ccc(Br)cc1)C(=O)NCC(N)C1CC1. The number of carbonyl (C=O) groups is 1. The number of hydrogen-bond acceptors (Lipinski definition) is 3. The lowest BCUT2D eigenvalue weighted by Crippen LogP contribution is -2.41. The zero-order valence-corrected chi connectivity index (χ0v) is 13.3. The van der Waals surface area contributed by atoms with Crippen LogP contribution >= 0.6 is 27.7 Å². The normalized spacial score (nSPS) is 17.8. The quantitative estimate of drug-likeness (QED) is 0.781. The zero-order valence-electron chi connectivity index (χ0n) is 10.9. The highest BCUT2D eigenvalue weighted by atomic mass is 79.9. The van der Waals surface area contributed by atoms with Gasteiger partial charge in [-0.05, 0) is 49.9 Å². The van der Waals surface area contributed by atoms with Crippen molar-refractivity contribution in [2.45, 2.75) is 36.0 Å². The van der Waals surface area contributed by atoms with Gasteiger partial charge in [-0.2, -0.15) is 0 Å². The van der Waals surface area contributed by atoms with E-state index in [-0.39, 0.29) is 17.2 Å². The average molecular weight is 343 g/mol. The minimum absolute atomic E-state index is 0.0593. The van der Waals surface area contributed by atoms with Crippen molar-refractivity contribution in [1.29, 1.82) is 0 Å².